The Balaban J connectivity index is 3.75. The molecule has 92 valence electrons. The minimum atomic E-state index is -0.708. The van der Waals surface area contributed by atoms with Crippen molar-refractivity contribution in [3.05, 3.63) is 12.2 Å². The van der Waals surface area contributed by atoms with Gasteiger partial charge in [0.05, 0.1) is 0 Å². The van der Waals surface area contributed by atoms with Gasteiger partial charge in [-0.15, -0.1) is 0 Å². The van der Waals surface area contributed by atoms with E-state index in [0.29, 0.717) is 0 Å². The number of carbonyl (C=O) groups is 2. The highest BCUT2D eigenvalue weighted by Crippen LogP contribution is 2.10. The van der Waals surface area contributed by atoms with Crippen LogP contribution in [0, 0.1) is 0 Å². The monoisotopic (exact) mass is 226 g/mol. The van der Waals surface area contributed by atoms with Crippen molar-refractivity contribution in [2.45, 2.75) is 59.0 Å². The van der Waals surface area contributed by atoms with Gasteiger partial charge in [0.1, 0.15) is 6.10 Å². The smallest absolute Gasteiger partial charge is 0.374 e. The maximum Gasteiger partial charge on any atom is 0.374 e. The number of carbonyl (C=O) groups excluding carboxylic acids is 2. The zero-order valence-electron chi connectivity index (χ0n) is 10.5. The number of ether oxygens (including phenoxy) is 1. The molecule has 0 saturated carbocycles. The molecule has 0 aliphatic rings. The van der Waals surface area contributed by atoms with Gasteiger partial charge >= 0.3 is 5.97 Å². The SMILES string of the molecule is C/C=C/CCCCC(CC)OC(=O)C(C)=O. The van der Waals surface area contributed by atoms with Crippen molar-refractivity contribution in [3.63, 3.8) is 0 Å². The molecule has 0 spiro atoms. The number of esters is 1. The third kappa shape index (κ3) is 7.21. The highest BCUT2D eigenvalue weighted by Gasteiger charge is 2.15. The topological polar surface area (TPSA) is 43.4 Å². The lowest BCUT2D eigenvalue weighted by Crippen LogP contribution is -2.22. The lowest BCUT2D eigenvalue weighted by molar-refractivity contribution is -0.157. The molecule has 1 atom stereocenters. The zero-order valence-corrected chi connectivity index (χ0v) is 10.5. The van der Waals surface area contributed by atoms with Crippen LogP contribution in [0.4, 0.5) is 0 Å². The van der Waals surface area contributed by atoms with E-state index >= 15 is 0 Å². The summed E-state index contributed by atoms with van der Waals surface area (Å²) < 4.78 is 5.06. The van der Waals surface area contributed by atoms with Crippen LogP contribution in [-0.2, 0) is 14.3 Å². The molecule has 0 N–H and O–H groups in total. The van der Waals surface area contributed by atoms with Crippen LogP contribution < -0.4 is 0 Å². The van der Waals surface area contributed by atoms with E-state index in [-0.39, 0.29) is 6.10 Å². The van der Waals surface area contributed by atoms with Gasteiger partial charge in [-0.3, -0.25) is 4.79 Å². The Hall–Kier alpha value is -1.12. The van der Waals surface area contributed by atoms with Gasteiger partial charge < -0.3 is 4.74 Å². The third-order valence-electron chi connectivity index (χ3n) is 2.40. The highest BCUT2D eigenvalue weighted by molar-refractivity contribution is 6.32. The maximum absolute atomic E-state index is 11.1. The third-order valence-corrected chi connectivity index (χ3v) is 2.40. The Morgan fingerprint density at radius 1 is 1.31 bits per heavy atom. The molecular formula is C13H22O3. The average Bonchev–Trinajstić information content (AvgIpc) is 2.26. The first-order valence-corrected chi connectivity index (χ1v) is 5.94. The summed E-state index contributed by atoms with van der Waals surface area (Å²) in [6, 6.07) is 0. The second-order valence-electron chi connectivity index (χ2n) is 3.85. The van der Waals surface area contributed by atoms with Gasteiger partial charge in [0, 0.05) is 6.92 Å². The summed E-state index contributed by atoms with van der Waals surface area (Å²) in [7, 11) is 0. The predicted molar refractivity (Wildman–Crippen MR) is 64.1 cm³/mol. The van der Waals surface area contributed by atoms with Crippen molar-refractivity contribution in [1.29, 1.82) is 0 Å². The summed E-state index contributed by atoms with van der Waals surface area (Å²) in [6.07, 6.45) is 8.84. The van der Waals surface area contributed by atoms with E-state index in [1.54, 1.807) is 0 Å². The second kappa shape index (κ2) is 9.13. The number of hydrogen-bond donors (Lipinski definition) is 0. The highest BCUT2D eigenvalue weighted by atomic mass is 16.5. The molecule has 3 nitrogen and oxygen atoms in total. The number of rotatable bonds is 8. The number of ketones is 1. The molecule has 0 radical (unpaired) electrons. The zero-order chi connectivity index (χ0) is 12.4. The van der Waals surface area contributed by atoms with Gasteiger partial charge in [-0.2, -0.15) is 0 Å². The number of allylic oxidation sites excluding steroid dienone is 2. The van der Waals surface area contributed by atoms with Crippen molar-refractivity contribution >= 4 is 11.8 Å². The first-order valence-electron chi connectivity index (χ1n) is 5.94. The van der Waals surface area contributed by atoms with Crippen molar-refractivity contribution in [3.8, 4) is 0 Å². The van der Waals surface area contributed by atoms with E-state index in [4.69, 9.17) is 4.74 Å². The van der Waals surface area contributed by atoms with Crippen LogP contribution in [-0.4, -0.2) is 17.9 Å². The lowest BCUT2D eigenvalue weighted by atomic mass is 10.1. The van der Waals surface area contributed by atoms with Crippen LogP contribution in [0.25, 0.3) is 0 Å². The quantitative estimate of drug-likeness (QED) is 0.276. The molecule has 0 amide bonds. The molecule has 0 aromatic heterocycles. The maximum atomic E-state index is 11.1. The van der Waals surface area contributed by atoms with Crippen molar-refractivity contribution < 1.29 is 14.3 Å². The van der Waals surface area contributed by atoms with E-state index in [1.165, 1.54) is 6.92 Å². The van der Waals surface area contributed by atoms with Crippen LogP contribution in [0.1, 0.15) is 52.9 Å². The fourth-order valence-electron chi connectivity index (χ4n) is 1.38. The van der Waals surface area contributed by atoms with Gasteiger partial charge in [-0.1, -0.05) is 19.1 Å². The Bertz CT molecular complexity index is 244. The summed E-state index contributed by atoms with van der Waals surface area (Å²) in [4.78, 5) is 21.8. The molecule has 1 unspecified atom stereocenters. The molecule has 0 aliphatic heterocycles. The summed E-state index contributed by atoms with van der Waals surface area (Å²) in [5.74, 6) is -1.23. The Kier molecular flexibility index (Phi) is 8.49. The fraction of sp³-hybridized carbons (Fsp3) is 0.692. The van der Waals surface area contributed by atoms with E-state index in [2.05, 4.69) is 6.08 Å². The van der Waals surface area contributed by atoms with E-state index < -0.39 is 11.8 Å². The van der Waals surface area contributed by atoms with E-state index in [1.807, 2.05) is 19.9 Å². The molecule has 0 bridgehead atoms. The number of hydrogen-bond acceptors (Lipinski definition) is 3. The largest absolute Gasteiger partial charge is 0.457 e. The van der Waals surface area contributed by atoms with Crippen molar-refractivity contribution in [2.75, 3.05) is 0 Å². The molecular weight excluding hydrogens is 204 g/mol. The minimum Gasteiger partial charge on any atom is -0.457 e. The van der Waals surface area contributed by atoms with Crippen LogP contribution in [0.2, 0.25) is 0 Å². The average molecular weight is 226 g/mol. The molecule has 0 aliphatic carbocycles. The Morgan fingerprint density at radius 2 is 2.00 bits per heavy atom. The summed E-state index contributed by atoms with van der Waals surface area (Å²) in [6.45, 7) is 5.20. The molecule has 16 heavy (non-hydrogen) atoms. The fourth-order valence-corrected chi connectivity index (χ4v) is 1.38. The lowest BCUT2D eigenvalue weighted by Gasteiger charge is -2.14. The molecule has 0 aromatic carbocycles. The van der Waals surface area contributed by atoms with Crippen LogP contribution in [0.5, 0.6) is 0 Å². The van der Waals surface area contributed by atoms with Crippen LogP contribution >= 0.6 is 0 Å². The number of Topliss-reactive ketones (excluding diaryl/α,β-unsaturated/α-hetero) is 1. The van der Waals surface area contributed by atoms with Crippen molar-refractivity contribution in [2.24, 2.45) is 0 Å². The molecule has 0 saturated heterocycles. The molecule has 3 heteroatoms. The molecule has 0 fully saturated rings. The van der Waals surface area contributed by atoms with Crippen LogP contribution in [0.15, 0.2) is 12.2 Å². The standard InChI is InChI=1S/C13H22O3/c1-4-6-7-8-9-10-12(5-2)16-13(15)11(3)14/h4,6,12H,5,7-10H2,1-3H3/b6-4+. The summed E-state index contributed by atoms with van der Waals surface area (Å²) >= 11 is 0. The van der Waals surface area contributed by atoms with Gasteiger partial charge in [0.25, 0.3) is 0 Å². The minimum absolute atomic E-state index is 0.109. The number of unbranched alkanes of at least 4 members (excludes halogenated alkanes) is 2. The molecule has 0 rings (SSSR count). The molecule has 0 heterocycles. The summed E-state index contributed by atoms with van der Waals surface area (Å²) in [5, 5.41) is 0. The van der Waals surface area contributed by atoms with E-state index in [0.717, 1.165) is 32.1 Å². The Morgan fingerprint density at radius 3 is 2.50 bits per heavy atom. The molecule has 0 aromatic rings. The van der Waals surface area contributed by atoms with Gasteiger partial charge in [-0.05, 0) is 39.0 Å². The predicted octanol–water partition coefficient (Wildman–Crippen LogP) is 3.03. The summed E-state index contributed by atoms with van der Waals surface area (Å²) in [5.41, 5.74) is 0. The van der Waals surface area contributed by atoms with Crippen molar-refractivity contribution in [1.82, 2.24) is 0 Å². The second-order valence-corrected chi connectivity index (χ2v) is 3.85. The normalized spacial score (nSPS) is 12.7. The first-order chi connectivity index (χ1) is 7.61. The van der Waals surface area contributed by atoms with Gasteiger partial charge in [0.2, 0.25) is 5.78 Å². The van der Waals surface area contributed by atoms with Gasteiger partial charge in [0.15, 0.2) is 0 Å². The van der Waals surface area contributed by atoms with Crippen LogP contribution in [0.3, 0.4) is 0 Å². The van der Waals surface area contributed by atoms with Gasteiger partial charge in [-0.25, -0.2) is 4.79 Å². The van der Waals surface area contributed by atoms with E-state index in [9.17, 15) is 9.59 Å². The Labute approximate surface area is 97.9 Å². The first kappa shape index (κ1) is 14.9.